The molecule has 1 aromatic rings. The van der Waals surface area contributed by atoms with Gasteiger partial charge in [0.15, 0.2) is 5.96 Å². The first-order valence-electron chi connectivity index (χ1n) is 8.60. The summed E-state index contributed by atoms with van der Waals surface area (Å²) in [6.07, 6.45) is 4.40. The number of thiazole rings is 1. The third-order valence-corrected chi connectivity index (χ3v) is 5.97. The lowest BCUT2D eigenvalue weighted by atomic mass is 9.57. The second-order valence-electron chi connectivity index (χ2n) is 7.06. The van der Waals surface area contributed by atoms with Gasteiger partial charge in [0.05, 0.1) is 11.1 Å². The summed E-state index contributed by atoms with van der Waals surface area (Å²) in [4.78, 5) is 10.4. The molecule has 24 heavy (non-hydrogen) atoms. The van der Waals surface area contributed by atoms with Gasteiger partial charge in [-0.25, -0.2) is 4.98 Å². The topological polar surface area (TPSA) is 58.5 Å². The van der Waals surface area contributed by atoms with E-state index in [0.29, 0.717) is 18.1 Å². The Bertz CT molecular complexity index is 575. The molecule has 3 rings (SSSR count). The lowest BCUT2D eigenvalue weighted by molar-refractivity contribution is -0.106. The van der Waals surface area contributed by atoms with Crippen molar-refractivity contribution in [2.24, 2.45) is 16.3 Å². The van der Waals surface area contributed by atoms with E-state index in [4.69, 9.17) is 9.73 Å². The molecule has 3 unspecified atom stereocenters. The smallest absolute Gasteiger partial charge is 0.191 e. The van der Waals surface area contributed by atoms with E-state index < -0.39 is 0 Å². The number of nitrogens with zero attached hydrogens (tertiary/aromatic N) is 2. The number of hydrogen-bond donors (Lipinski definition) is 2. The van der Waals surface area contributed by atoms with Crippen LogP contribution in [-0.4, -0.2) is 42.8 Å². The van der Waals surface area contributed by atoms with Gasteiger partial charge in [-0.3, -0.25) is 4.99 Å². The molecule has 0 spiro atoms. The maximum atomic E-state index is 5.87. The van der Waals surface area contributed by atoms with Crippen LogP contribution in [-0.2, 0) is 11.2 Å². The van der Waals surface area contributed by atoms with E-state index in [1.165, 1.54) is 4.88 Å². The SMILES string of the molecule is CCNC(=NCCc1ncc(C)s1)NC1C2CCOC2C1(C)C.I. The van der Waals surface area contributed by atoms with E-state index in [9.17, 15) is 0 Å². The number of aliphatic imine (C=N–C) groups is 1. The molecule has 1 aliphatic heterocycles. The predicted molar refractivity (Wildman–Crippen MR) is 111 cm³/mol. The molecule has 2 N–H and O–H groups in total. The quantitative estimate of drug-likeness (QED) is 0.400. The van der Waals surface area contributed by atoms with Crippen molar-refractivity contribution in [2.45, 2.75) is 52.7 Å². The van der Waals surface area contributed by atoms with E-state index in [0.717, 1.165) is 43.5 Å². The maximum Gasteiger partial charge on any atom is 0.191 e. The highest BCUT2D eigenvalue weighted by Crippen LogP contribution is 2.52. The molecule has 136 valence electrons. The fourth-order valence-electron chi connectivity index (χ4n) is 3.86. The monoisotopic (exact) mass is 464 g/mol. The highest BCUT2D eigenvalue weighted by Gasteiger charge is 2.59. The lowest BCUT2D eigenvalue weighted by Crippen LogP contribution is -2.68. The standard InChI is InChI=1S/C17H28N4OS.HI/c1-5-18-16(19-8-6-13-20-10-11(2)23-13)21-14-12-7-9-22-15(12)17(14,3)4;/h10,12,14-15H,5-9H2,1-4H3,(H2,18,19,21);1H. The molecule has 3 atom stereocenters. The first-order chi connectivity index (χ1) is 11.0. The summed E-state index contributed by atoms with van der Waals surface area (Å²) in [7, 11) is 0. The van der Waals surface area contributed by atoms with Crippen molar-refractivity contribution < 1.29 is 4.74 Å². The van der Waals surface area contributed by atoms with E-state index >= 15 is 0 Å². The van der Waals surface area contributed by atoms with Crippen LogP contribution in [0.25, 0.3) is 0 Å². The lowest BCUT2D eigenvalue weighted by Gasteiger charge is -2.54. The maximum absolute atomic E-state index is 5.87. The fourth-order valence-corrected chi connectivity index (χ4v) is 4.64. The van der Waals surface area contributed by atoms with Gasteiger partial charge >= 0.3 is 0 Å². The highest BCUT2D eigenvalue weighted by molar-refractivity contribution is 14.0. The van der Waals surface area contributed by atoms with Crippen LogP contribution in [0.3, 0.4) is 0 Å². The first kappa shape index (κ1) is 19.9. The van der Waals surface area contributed by atoms with Gasteiger partial charge in [0.1, 0.15) is 0 Å². The minimum absolute atomic E-state index is 0. The molecule has 1 saturated carbocycles. The van der Waals surface area contributed by atoms with Gasteiger partial charge in [-0.05, 0) is 20.3 Å². The summed E-state index contributed by atoms with van der Waals surface area (Å²) in [6.45, 7) is 11.3. The third-order valence-electron chi connectivity index (χ3n) is 5.00. The van der Waals surface area contributed by atoms with Crippen molar-refractivity contribution in [3.05, 3.63) is 16.1 Å². The molecule has 0 aromatic carbocycles. The molecular weight excluding hydrogens is 435 g/mol. The molecule has 5 nitrogen and oxygen atoms in total. The Kier molecular flexibility index (Phi) is 6.90. The average molecular weight is 464 g/mol. The third kappa shape index (κ3) is 4.04. The van der Waals surface area contributed by atoms with Gasteiger partial charge < -0.3 is 15.4 Å². The zero-order valence-corrected chi connectivity index (χ0v) is 18.1. The van der Waals surface area contributed by atoms with E-state index in [1.807, 2.05) is 6.20 Å². The highest BCUT2D eigenvalue weighted by atomic mass is 127. The van der Waals surface area contributed by atoms with Gasteiger partial charge in [-0.2, -0.15) is 0 Å². The molecule has 1 aliphatic carbocycles. The van der Waals surface area contributed by atoms with Crippen molar-refractivity contribution in [3.63, 3.8) is 0 Å². The van der Waals surface area contributed by atoms with Crippen molar-refractivity contribution in [2.75, 3.05) is 19.7 Å². The summed E-state index contributed by atoms with van der Waals surface area (Å²) in [5, 5.41) is 8.18. The minimum atomic E-state index is 0. The second kappa shape index (κ2) is 8.31. The molecule has 2 heterocycles. The Hall–Kier alpha value is -0.410. The molecule has 2 fully saturated rings. The summed E-state index contributed by atoms with van der Waals surface area (Å²) >= 11 is 1.76. The van der Waals surface area contributed by atoms with Crippen molar-refractivity contribution >= 4 is 41.3 Å². The van der Waals surface area contributed by atoms with Crippen LogP contribution in [0.15, 0.2) is 11.2 Å². The summed E-state index contributed by atoms with van der Waals surface area (Å²) in [5.74, 6) is 1.54. The van der Waals surface area contributed by atoms with Crippen molar-refractivity contribution in [1.29, 1.82) is 0 Å². The molecule has 1 saturated heterocycles. The number of nitrogens with one attached hydrogen (secondary N) is 2. The Labute approximate surface area is 166 Å². The molecule has 7 heteroatoms. The zero-order valence-electron chi connectivity index (χ0n) is 15.0. The summed E-state index contributed by atoms with van der Waals surface area (Å²) in [5.41, 5.74) is 0.170. The van der Waals surface area contributed by atoms with Crippen molar-refractivity contribution in [3.8, 4) is 0 Å². The average Bonchev–Trinajstić information content (AvgIpc) is 3.12. The number of hydrogen-bond acceptors (Lipinski definition) is 4. The Morgan fingerprint density at radius 3 is 2.96 bits per heavy atom. The van der Waals surface area contributed by atoms with Crippen LogP contribution in [0, 0.1) is 18.3 Å². The minimum Gasteiger partial charge on any atom is -0.377 e. The van der Waals surface area contributed by atoms with Crippen molar-refractivity contribution in [1.82, 2.24) is 15.6 Å². The van der Waals surface area contributed by atoms with Gasteiger partial charge in [0, 0.05) is 54.6 Å². The number of guanidine groups is 1. The van der Waals surface area contributed by atoms with E-state index in [2.05, 4.69) is 43.3 Å². The molecule has 2 aliphatic rings. The summed E-state index contributed by atoms with van der Waals surface area (Å²) in [6, 6.07) is 0.440. The summed E-state index contributed by atoms with van der Waals surface area (Å²) < 4.78 is 5.87. The van der Waals surface area contributed by atoms with Crippen LogP contribution in [0.1, 0.15) is 37.1 Å². The predicted octanol–water partition coefficient (Wildman–Crippen LogP) is 2.98. The van der Waals surface area contributed by atoms with Gasteiger partial charge in [0.2, 0.25) is 0 Å². The Balaban J connectivity index is 0.00000208. The van der Waals surface area contributed by atoms with Gasteiger partial charge in [-0.15, -0.1) is 35.3 Å². The number of fused-ring (bicyclic) bond motifs is 1. The Morgan fingerprint density at radius 2 is 2.29 bits per heavy atom. The van der Waals surface area contributed by atoms with Gasteiger partial charge in [-0.1, -0.05) is 13.8 Å². The number of aromatic nitrogens is 1. The van der Waals surface area contributed by atoms with Crippen LogP contribution in [0.5, 0.6) is 0 Å². The van der Waals surface area contributed by atoms with E-state index in [1.54, 1.807) is 11.3 Å². The second-order valence-corrected chi connectivity index (χ2v) is 8.38. The largest absolute Gasteiger partial charge is 0.377 e. The first-order valence-corrected chi connectivity index (χ1v) is 9.41. The van der Waals surface area contributed by atoms with Crippen LogP contribution in [0.4, 0.5) is 0 Å². The normalized spacial score (nSPS) is 27.8. The number of ether oxygens (including phenoxy) is 1. The number of rotatable bonds is 5. The molecule has 0 bridgehead atoms. The molecule has 0 amide bonds. The van der Waals surface area contributed by atoms with Gasteiger partial charge in [0.25, 0.3) is 0 Å². The fraction of sp³-hybridized carbons (Fsp3) is 0.765. The number of aryl methyl sites for hydroxylation is 1. The molecule has 0 radical (unpaired) electrons. The van der Waals surface area contributed by atoms with Crippen LogP contribution >= 0.6 is 35.3 Å². The zero-order chi connectivity index (χ0) is 16.4. The molecular formula is C17H29IN4OS. The molecule has 1 aromatic heterocycles. The number of halogens is 1. The van der Waals surface area contributed by atoms with Crippen LogP contribution in [0.2, 0.25) is 0 Å². The van der Waals surface area contributed by atoms with Crippen LogP contribution < -0.4 is 10.6 Å². The van der Waals surface area contributed by atoms with E-state index in [-0.39, 0.29) is 29.4 Å². The Morgan fingerprint density at radius 1 is 1.50 bits per heavy atom.